The molecule has 6 heteroatoms. The van der Waals surface area contributed by atoms with Crippen molar-refractivity contribution >= 4 is 10.0 Å². The smallest absolute Gasteiger partial charge is 0.238 e. The van der Waals surface area contributed by atoms with Crippen LogP contribution in [0, 0.1) is 0 Å². The van der Waals surface area contributed by atoms with Gasteiger partial charge in [0.2, 0.25) is 10.0 Å². The van der Waals surface area contributed by atoms with Crippen LogP contribution in [0.1, 0.15) is 19.4 Å². The van der Waals surface area contributed by atoms with E-state index in [1.807, 2.05) is 0 Å². The van der Waals surface area contributed by atoms with Crippen LogP contribution in [0.15, 0.2) is 23.1 Å². The van der Waals surface area contributed by atoms with Crippen LogP contribution in [0.2, 0.25) is 0 Å². The van der Waals surface area contributed by atoms with Crippen molar-refractivity contribution in [1.82, 2.24) is 4.90 Å². The summed E-state index contributed by atoms with van der Waals surface area (Å²) in [5, 5.41) is 5.13. The van der Waals surface area contributed by atoms with Crippen molar-refractivity contribution in [3.63, 3.8) is 0 Å². The van der Waals surface area contributed by atoms with Crippen molar-refractivity contribution < 1.29 is 13.2 Å². The maximum Gasteiger partial charge on any atom is 0.238 e. The van der Waals surface area contributed by atoms with E-state index in [-0.39, 0.29) is 4.90 Å². The molecule has 0 atom stereocenters. The summed E-state index contributed by atoms with van der Waals surface area (Å²) < 4.78 is 27.9. The predicted octanol–water partition coefficient (Wildman–Crippen LogP) is 1.18. The summed E-state index contributed by atoms with van der Waals surface area (Å²) in [6, 6.07) is 4.67. The number of hydrogen-bond donors (Lipinski definition) is 1. The number of primary sulfonamides is 1. The highest BCUT2D eigenvalue weighted by Crippen LogP contribution is 2.23. The molecule has 0 fully saturated rings. The molecule has 0 aromatic heterocycles. The third kappa shape index (κ3) is 3.69. The maximum absolute atomic E-state index is 11.3. The van der Waals surface area contributed by atoms with Crippen LogP contribution in [0.3, 0.4) is 0 Å². The topological polar surface area (TPSA) is 72.6 Å². The van der Waals surface area contributed by atoms with Crippen LogP contribution in [-0.4, -0.2) is 33.5 Å². The first-order valence-corrected chi connectivity index (χ1v) is 7.39. The fourth-order valence-electron chi connectivity index (χ4n) is 1.74. The molecule has 1 aromatic carbocycles. The lowest BCUT2D eigenvalue weighted by Gasteiger charge is -2.20. The summed E-state index contributed by atoms with van der Waals surface area (Å²) in [5.41, 5.74) is 0.827. The third-order valence-corrected chi connectivity index (χ3v) is 3.78. The highest BCUT2D eigenvalue weighted by atomic mass is 32.2. The molecule has 2 N–H and O–H groups in total. The van der Waals surface area contributed by atoms with Gasteiger partial charge >= 0.3 is 0 Å². The van der Waals surface area contributed by atoms with Crippen molar-refractivity contribution in [3.8, 4) is 5.75 Å². The largest absolute Gasteiger partial charge is 0.496 e. The van der Waals surface area contributed by atoms with E-state index in [4.69, 9.17) is 9.88 Å². The first kappa shape index (κ1) is 14.9. The standard InChI is InChI=1S/C12H20N2O3S/c1-4-14(5-2)9-10-8-11(18(13,15)16)6-7-12(10)17-3/h6-8H,4-5,9H2,1-3H3,(H2,13,15,16). The monoisotopic (exact) mass is 272 g/mol. The van der Waals surface area contributed by atoms with Crippen LogP contribution in [0.4, 0.5) is 0 Å². The number of nitrogens with two attached hydrogens (primary N) is 1. The molecule has 0 aliphatic heterocycles. The molecule has 0 bridgehead atoms. The summed E-state index contributed by atoms with van der Waals surface area (Å²) in [6.45, 7) is 6.52. The average Bonchev–Trinajstić information content (AvgIpc) is 2.34. The minimum absolute atomic E-state index is 0.116. The number of sulfonamides is 1. The highest BCUT2D eigenvalue weighted by molar-refractivity contribution is 7.89. The average molecular weight is 272 g/mol. The fourth-order valence-corrected chi connectivity index (χ4v) is 2.31. The number of ether oxygens (including phenoxy) is 1. The van der Waals surface area contributed by atoms with E-state index in [0.717, 1.165) is 18.7 Å². The number of hydrogen-bond acceptors (Lipinski definition) is 4. The molecule has 0 saturated carbocycles. The molecule has 0 aliphatic carbocycles. The van der Waals surface area contributed by atoms with E-state index in [9.17, 15) is 8.42 Å². The number of nitrogens with zero attached hydrogens (tertiary/aromatic N) is 1. The summed E-state index contributed by atoms with van der Waals surface area (Å²) >= 11 is 0. The van der Waals surface area contributed by atoms with E-state index >= 15 is 0 Å². The second-order valence-electron chi connectivity index (χ2n) is 3.98. The van der Waals surface area contributed by atoms with Gasteiger partial charge in [-0.15, -0.1) is 0 Å². The predicted molar refractivity (Wildman–Crippen MR) is 71.0 cm³/mol. The lowest BCUT2D eigenvalue weighted by molar-refractivity contribution is 0.289. The Kier molecular flexibility index (Phi) is 5.13. The van der Waals surface area contributed by atoms with Gasteiger partial charge in [-0.2, -0.15) is 0 Å². The van der Waals surface area contributed by atoms with E-state index in [2.05, 4.69) is 18.7 Å². The Morgan fingerprint density at radius 2 is 1.89 bits per heavy atom. The quantitative estimate of drug-likeness (QED) is 0.844. The second kappa shape index (κ2) is 6.17. The molecule has 102 valence electrons. The molecule has 1 aromatic rings. The van der Waals surface area contributed by atoms with Crippen LogP contribution in [0.25, 0.3) is 0 Å². The van der Waals surface area contributed by atoms with Crippen LogP contribution in [0.5, 0.6) is 5.75 Å². The van der Waals surface area contributed by atoms with Crippen LogP contribution < -0.4 is 9.88 Å². The van der Waals surface area contributed by atoms with Crippen LogP contribution in [-0.2, 0) is 16.6 Å². The van der Waals surface area contributed by atoms with E-state index < -0.39 is 10.0 Å². The highest BCUT2D eigenvalue weighted by Gasteiger charge is 2.13. The Bertz CT molecular complexity index is 496. The molecule has 0 radical (unpaired) electrons. The number of benzene rings is 1. The van der Waals surface area contributed by atoms with Gasteiger partial charge in [-0.05, 0) is 31.3 Å². The lowest BCUT2D eigenvalue weighted by Crippen LogP contribution is -2.23. The van der Waals surface area contributed by atoms with Gasteiger partial charge in [0.05, 0.1) is 12.0 Å². The molecular weight excluding hydrogens is 252 g/mol. The van der Waals surface area contributed by atoms with Gasteiger partial charge in [0.1, 0.15) is 5.75 Å². The zero-order chi connectivity index (χ0) is 13.8. The van der Waals surface area contributed by atoms with Gasteiger partial charge in [0, 0.05) is 12.1 Å². The molecule has 0 spiro atoms. The van der Waals surface area contributed by atoms with Crippen molar-refractivity contribution in [2.24, 2.45) is 5.14 Å². The molecular formula is C12H20N2O3S. The Morgan fingerprint density at radius 3 is 2.33 bits per heavy atom. The summed E-state index contributed by atoms with van der Waals surface area (Å²) in [6.07, 6.45) is 0. The normalized spacial score (nSPS) is 11.8. The van der Waals surface area contributed by atoms with Gasteiger partial charge in [-0.3, -0.25) is 4.90 Å². The number of methoxy groups -OCH3 is 1. The molecule has 5 nitrogen and oxygen atoms in total. The minimum atomic E-state index is -3.67. The zero-order valence-corrected chi connectivity index (χ0v) is 11.8. The van der Waals surface area contributed by atoms with Crippen molar-refractivity contribution in [2.45, 2.75) is 25.3 Å². The van der Waals surface area contributed by atoms with Crippen molar-refractivity contribution in [1.29, 1.82) is 0 Å². The fraction of sp³-hybridized carbons (Fsp3) is 0.500. The molecule has 0 aliphatic rings. The number of rotatable bonds is 6. The molecule has 0 heterocycles. The Hall–Kier alpha value is -1.11. The van der Waals surface area contributed by atoms with Crippen LogP contribution >= 0.6 is 0 Å². The lowest BCUT2D eigenvalue weighted by atomic mass is 10.2. The van der Waals surface area contributed by atoms with E-state index in [1.54, 1.807) is 19.2 Å². The molecule has 0 amide bonds. The molecule has 1 rings (SSSR count). The molecule has 18 heavy (non-hydrogen) atoms. The molecule has 0 saturated heterocycles. The van der Waals surface area contributed by atoms with E-state index in [0.29, 0.717) is 12.3 Å². The SMILES string of the molecule is CCN(CC)Cc1cc(S(N)(=O)=O)ccc1OC. The van der Waals surface area contributed by atoms with Gasteiger partial charge in [-0.1, -0.05) is 13.8 Å². The van der Waals surface area contributed by atoms with Gasteiger partial charge in [-0.25, -0.2) is 13.6 Å². The van der Waals surface area contributed by atoms with Crippen molar-refractivity contribution in [3.05, 3.63) is 23.8 Å². The van der Waals surface area contributed by atoms with E-state index in [1.165, 1.54) is 6.07 Å². The summed E-state index contributed by atoms with van der Waals surface area (Å²) in [7, 11) is -2.11. The van der Waals surface area contributed by atoms with Crippen molar-refractivity contribution in [2.75, 3.05) is 20.2 Å². The summed E-state index contributed by atoms with van der Waals surface area (Å²) in [4.78, 5) is 2.29. The zero-order valence-electron chi connectivity index (χ0n) is 11.0. The first-order valence-electron chi connectivity index (χ1n) is 5.84. The Morgan fingerprint density at radius 1 is 1.28 bits per heavy atom. The molecule has 0 unspecified atom stereocenters. The second-order valence-corrected chi connectivity index (χ2v) is 5.54. The van der Waals surface area contributed by atoms with Gasteiger partial charge in [0.25, 0.3) is 0 Å². The Labute approximate surface area is 109 Å². The summed E-state index contributed by atoms with van der Waals surface area (Å²) in [5.74, 6) is 0.675. The maximum atomic E-state index is 11.3. The van der Waals surface area contributed by atoms with Gasteiger partial charge < -0.3 is 4.74 Å². The Balaban J connectivity index is 3.14. The third-order valence-electron chi connectivity index (χ3n) is 2.87. The first-order chi connectivity index (χ1) is 8.42. The minimum Gasteiger partial charge on any atom is -0.496 e. The van der Waals surface area contributed by atoms with Gasteiger partial charge in [0.15, 0.2) is 0 Å².